The number of piperazine rings is 3. The summed E-state index contributed by atoms with van der Waals surface area (Å²) in [7, 11) is 1.84. The third-order valence-electron chi connectivity index (χ3n) is 5.41. The van der Waals surface area contributed by atoms with E-state index in [1.165, 1.54) is 26.2 Å². The van der Waals surface area contributed by atoms with Crippen molar-refractivity contribution in [3.05, 3.63) is 0 Å². The van der Waals surface area contributed by atoms with Gasteiger partial charge in [0.1, 0.15) is 0 Å². The number of likely N-dealkylation sites (tertiary alicyclic amines) is 1. The highest BCUT2D eigenvalue weighted by molar-refractivity contribution is 5.80. The number of nitrogens with one attached hydrogen (secondary N) is 1. The van der Waals surface area contributed by atoms with Gasteiger partial charge in [0.15, 0.2) is 5.96 Å². The zero-order valence-corrected chi connectivity index (χ0v) is 14.2. The number of fused-ring (bicyclic) bond motifs is 3. The number of hydrogen-bond donors (Lipinski definition) is 2. The summed E-state index contributed by atoms with van der Waals surface area (Å²) in [4.78, 5) is 23.1. The Kier molecular flexibility index (Phi) is 5.38. The van der Waals surface area contributed by atoms with E-state index >= 15 is 0 Å². The number of primary amides is 1. The molecule has 0 radical (unpaired) electrons. The van der Waals surface area contributed by atoms with Crippen molar-refractivity contribution in [1.82, 2.24) is 20.0 Å². The van der Waals surface area contributed by atoms with Gasteiger partial charge < -0.3 is 16.0 Å². The lowest BCUT2D eigenvalue weighted by Crippen LogP contribution is -2.64. The van der Waals surface area contributed by atoms with Gasteiger partial charge in [0.2, 0.25) is 5.91 Å². The summed E-state index contributed by atoms with van der Waals surface area (Å²) in [6.45, 7) is 8.80. The minimum Gasteiger partial charge on any atom is -0.370 e. The van der Waals surface area contributed by atoms with E-state index in [0.29, 0.717) is 18.4 Å². The van der Waals surface area contributed by atoms with E-state index in [9.17, 15) is 4.79 Å². The van der Waals surface area contributed by atoms with E-state index in [0.717, 1.165) is 45.0 Å². The molecule has 23 heavy (non-hydrogen) atoms. The van der Waals surface area contributed by atoms with Gasteiger partial charge in [-0.15, -0.1) is 0 Å². The summed E-state index contributed by atoms with van der Waals surface area (Å²) < 4.78 is 0. The van der Waals surface area contributed by atoms with Gasteiger partial charge in [-0.2, -0.15) is 0 Å². The van der Waals surface area contributed by atoms with E-state index in [1.54, 1.807) is 0 Å². The maximum Gasteiger partial charge on any atom is 0.217 e. The van der Waals surface area contributed by atoms with Crippen LogP contribution in [-0.4, -0.2) is 92.0 Å². The van der Waals surface area contributed by atoms with Crippen LogP contribution in [0, 0.1) is 5.92 Å². The van der Waals surface area contributed by atoms with Crippen LogP contribution in [0.25, 0.3) is 0 Å². The van der Waals surface area contributed by atoms with Crippen molar-refractivity contribution in [2.75, 3.05) is 59.4 Å². The number of hydrogen-bond acceptors (Lipinski definition) is 4. The topological polar surface area (TPSA) is 77.2 Å². The van der Waals surface area contributed by atoms with Crippen molar-refractivity contribution < 1.29 is 4.79 Å². The van der Waals surface area contributed by atoms with E-state index in [1.807, 2.05) is 7.05 Å². The summed E-state index contributed by atoms with van der Waals surface area (Å²) in [5, 5.41) is 3.56. The van der Waals surface area contributed by atoms with Gasteiger partial charge in [-0.05, 0) is 18.8 Å². The smallest absolute Gasteiger partial charge is 0.217 e. The first-order chi connectivity index (χ1) is 11.2. The van der Waals surface area contributed by atoms with Crippen molar-refractivity contribution in [1.29, 1.82) is 0 Å². The van der Waals surface area contributed by atoms with Crippen LogP contribution in [0.2, 0.25) is 0 Å². The normalized spacial score (nSPS) is 34.5. The van der Waals surface area contributed by atoms with Crippen LogP contribution in [0.1, 0.15) is 19.3 Å². The average Bonchev–Trinajstić information content (AvgIpc) is 2.56. The second-order valence-corrected chi connectivity index (χ2v) is 7.04. The van der Waals surface area contributed by atoms with Gasteiger partial charge in [-0.3, -0.25) is 19.6 Å². The first-order valence-corrected chi connectivity index (χ1v) is 8.86. The van der Waals surface area contributed by atoms with Crippen LogP contribution >= 0.6 is 0 Å². The number of carbonyl (C=O) groups is 1. The fourth-order valence-electron chi connectivity index (χ4n) is 4.17. The number of carbonyl (C=O) groups excluding carboxylic acids is 1. The van der Waals surface area contributed by atoms with Crippen LogP contribution in [0.15, 0.2) is 4.99 Å². The van der Waals surface area contributed by atoms with Gasteiger partial charge in [0, 0.05) is 71.9 Å². The number of nitrogens with zero attached hydrogens (tertiary/aromatic N) is 4. The fourth-order valence-corrected chi connectivity index (χ4v) is 4.17. The number of aliphatic imine (C=N–C) groups is 1. The molecule has 7 nitrogen and oxygen atoms in total. The van der Waals surface area contributed by atoms with Crippen molar-refractivity contribution >= 4 is 11.9 Å². The second kappa shape index (κ2) is 7.49. The first kappa shape index (κ1) is 16.5. The monoisotopic (exact) mass is 322 g/mol. The third kappa shape index (κ3) is 4.14. The number of amides is 1. The highest BCUT2D eigenvalue weighted by Crippen LogP contribution is 2.20. The van der Waals surface area contributed by atoms with Crippen molar-refractivity contribution in [2.24, 2.45) is 16.6 Å². The molecule has 0 aromatic rings. The summed E-state index contributed by atoms with van der Waals surface area (Å²) in [6, 6.07) is 0.584. The molecule has 4 fully saturated rings. The molecule has 4 aliphatic rings. The molecule has 3 N–H and O–H groups in total. The maximum absolute atomic E-state index is 11.2. The Labute approximate surface area is 138 Å². The summed E-state index contributed by atoms with van der Waals surface area (Å²) in [5.74, 6) is 1.14. The average molecular weight is 322 g/mol. The minimum absolute atomic E-state index is 0.195. The van der Waals surface area contributed by atoms with Gasteiger partial charge in [0.05, 0.1) is 0 Å². The largest absolute Gasteiger partial charge is 0.370 e. The molecule has 0 aromatic heterocycles. The molecule has 0 spiro atoms. The predicted octanol–water partition coefficient (Wildman–Crippen LogP) is -0.851. The predicted molar refractivity (Wildman–Crippen MR) is 91.3 cm³/mol. The molecule has 0 aliphatic carbocycles. The molecule has 130 valence electrons. The molecule has 2 unspecified atom stereocenters. The standard InChI is InChI=1S/C16H30N6O/c1-18-16(22-4-2-3-13(11-22)9-15(17)23)19-10-14-12-20-5-7-21(14)8-6-20/h13-14H,2-12H2,1H3,(H2,17,23)(H,18,19). The molecule has 7 heteroatoms. The van der Waals surface area contributed by atoms with Crippen LogP contribution in [0.3, 0.4) is 0 Å². The molecular weight excluding hydrogens is 292 g/mol. The van der Waals surface area contributed by atoms with Gasteiger partial charge >= 0.3 is 0 Å². The summed E-state index contributed by atoms with van der Waals surface area (Å²) in [5.41, 5.74) is 5.35. The number of piperidine rings is 1. The molecule has 2 bridgehead atoms. The lowest BCUT2D eigenvalue weighted by atomic mass is 9.95. The first-order valence-electron chi connectivity index (χ1n) is 8.86. The Hall–Kier alpha value is -1.34. The zero-order chi connectivity index (χ0) is 16.2. The molecule has 0 saturated carbocycles. The quantitative estimate of drug-likeness (QED) is 0.521. The highest BCUT2D eigenvalue weighted by Gasteiger charge is 2.32. The third-order valence-corrected chi connectivity index (χ3v) is 5.41. The highest BCUT2D eigenvalue weighted by atomic mass is 16.1. The maximum atomic E-state index is 11.2. The van der Waals surface area contributed by atoms with Crippen molar-refractivity contribution in [3.63, 3.8) is 0 Å². The molecule has 2 atom stereocenters. The Morgan fingerprint density at radius 3 is 2.61 bits per heavy atom. The van der Waals surface area contributed by atoms with Crippen LogP contribution in [-0.2, 0) is 4.79 Å². The molecule has 0 aromatic carbocycles. The van der Waals surface area contributed by atoms with Gasteiger partial charge in [-0.25, -0.2) is 0 Å². The fraction of sp³-hybridized carbons (Fsp3) is 0.875. The Bertz CT molecular complexity index is 446. The number of nitrogens with two attached hydrogens (primary N) is 1. The summed E-state index contributed by atoms with van der Waals surface area (Å²) >= 11 is 0. The van der Waals surface area contributed by atoms with E-state index in [2.05, 4.69) is 25.0 Å². The van der Waals surface area contributed by atoms with E-state index in [4.69, 9.17) is 5.73 Å². The van der Waals surface area contributed by atoms with Crippen molar-refractivity contribution in [2.45, 2.75) is 25.3 Å². The zero-order valence-electron chi connectivity index (χ0n) is 14.2. The number of rotatable bonds is 4. The molecule has 4 aliphatic heterocycles. The Balaban J connectivity index is 1.50. The van der Waals surface area contributed by atoms with Crippen molar-refractivity contribution in [3.8, 4) is 0 Å². The molecular formula is C16H30N6O. The SMILES string of the molecule is CN=C(NCC1CN2CCN1CC2)N1CCCC(CC(N)=O)C1. The van der Waals surface area contributed by atoms with Gasteiger partial charge in [0.25, 0.3) is 0 Å². The molecule has 4 heterocycles. The summed E-state index contributed by atoms with van der Waals surface area (Å²) in [6.07, 6.45) is 2.67. The van der Waals surface area contributed by atoms with E-state index in [-0.39, 0.29) is 5.91 Å². The molecule has 1 amide bonds. The minimum atomic E-state index is -0.195. The van der Waals surface area contributed by atoms with Crippen LogP contribution in [0.5, 0.6) is 0 Å². The Morgan fingerprint density at radius 1 is 1.22 bits per heavy atom. The Morgan fingerprint density at radius 2 is 2.00 bits per heavy atom. The van der Waals surface area contributed by atoms with Gasteiger partial charge in [-0.1, -0.05) is 0 Å². The van der Waals surface area contributed by atoms with Crippen LogP contribution in [0.4, 0.5) is 0 Å². The van der Waals surface area contributed by atoms with E-state index < -0.39 is 0 Å². The van der Waals surface area contributed by atoms with Crippen LogP contribution < -0.4 is 11.1 Å². The number of guanidine groups is 1. The second-order valence-electron chi connectivity index (χ2n) is 7.04. The lowest BCUT2D eigenvalue weighted by Gasteiger charge is -2.47. The molecule has 4 rings (SSSR count). The lowest BCUT2D eigenvalue weighted by molar-refractivity contribution is -0.119. The molecule has 4 saturated heterocycles.